The first-order valence-electron chi connectivity index (χ1n) is 7.51. The van der Waals surface area contributed by atoms with Crippen LogP contribution in [0.2, 0.25) is 0 Å². The molecule has 1 saturated carbocycles. The van der Waals surface area contributed by atoms with Crippen LogP contribution in [0, 0.1) is 5.92 Å². The van der Waals surface area contributed by atoms with Gasteiger partial charge in [0.15, 0.2) is 0 Å². The summed E-state index contributed by atoms with van der Waals surface area (Å²) in [6, 6.07) is 5.65. The Morgan fingerprint density at radius 3 is 2.71 bits per heavy atom. The van der Waals surface area contributed by atoms with Crippen LogP contribution in [0.3, 0.4) is 0 Å². The third-order valence-electron chi connectivity index (χ3n) is 4.14. The highest BCUT2D eigenvalue weighted by Crippen LogP contribution is 2.30. The second-order valence-electron chi connectivity index (χ2n) is 5.98. The Kier molecular flexibility index (Phi) is 3.82. The Balaban J connectivity index is 1.66. The number of urea groups is 1. The topological polar surface area (TPSA) is 69.6 Å². The Bertz CT molecular complexity index is 567. The van der Waals surface area contributed by atoms with Gasteiger partial charge >= 0.3 is 12.0 Å². The van der Waals surface area contributed by atoms with Crippen molar-refractivity contribution < 1.29 is 14.7 Å². The second kappa shape index (κ2) is 5.76. The molecule has 5 heteroatoms. The summed E-state index contributed by atoms with van der Waals surface area (Å²) in [5, 5.41) is 11.8. The number of nitrogens with zero attached hydrogens (tertiary/aromatic N) is 1. The molecule has 0 atom stereocenters. The van der Waals surface area contributed by atoms with Crippen molar-refractivity contribution in [3.8, 4) is 0 Å². The van der Waals surface area contributed by atoms with Crippen molar-refractivity contribution in [1.29, 1.82) is 0 Å². The summed E-state index contributed by atoms with van der Waals surface area (Å²) in [6.07, 6.45) is 5.50. The van der Waals surface area contributed by atoms with Crippen molar-refractivity contribution in [3.05, 3.63) is 29.3 Å². The van der Waals surface area contributed by atoms with Crippen LogP contribution in [0.1, 0.15) is 30.4 Å². The van der Waals surface area contributed by atoms with Gasteiger partial charge in [-0.1, -0.05) is 6.07 Å². The highest BCUT2D eigenvalue weighted by molar-refractivity contribution is 5.91. The van der Waals surface area contributed by atoms with Gasteiger partial charge < -0.3 is 15.3 Å². The number of aliphatic carboxylic acids is 1. The first-order valence-corrected chi connectivity index (χ1v) is 7.51. The zero-order valence-corrected chi connectivity index (χ0v) is 12.0. The molecule has 2 aliphatic carbocycles. The van der Waals surface area contributed by atoms with E-state index in [2.05, 4.69) is 11.4 Å². The van der Waals surface area contributed by atoms with Gasteiger partial charge in [0.1, 0.15) is 6.54 Å². The predicted molar refractivity (Wildman–Crippen MR) is 79.4 cm³/mol. The van der Waals surface area contributed by atoms with Gasteiger partial charge in [0, 0.05) is 12.2 Å². The van der Waals surface area contributed by atoms with E-state index in [-0.39, 0.29) is 12.6 Å². The monoisotopic (exact) mass is 288 g/mol. The van der Waals surface area contributed by atoms with Gasteiger partial charge in [0.2, 0.25) is 0 Å². The van der Waals surface area contributed by atoms with E-state index in [0.29, 0.717) is 12.5 Å². The number of rotatable bonds is 5. The molecule has 0 heterocycles. The van der Waals surface area contributed by atoms with E-state index in [0.717, 1.165) is 31.4 Å². The van der Waals surface area contributed by atoms with Gasteiger partial charge in [-0.05, 0) is 61.3 Å². The maximum Gasteiger partial charge on any atom is 0.323 e. The molecular formula is C16H20N2O3. The summed E-state index contributed by atoms with van der Waals surface area (Å²) >= 11 is 0. The lowest BCUT2D eigenvalue weighted by Crippen LogP contribution is -2.40. The van der Waals surface area contributed by atoms with Gasteiger partial charge in [0.25, 0.3) is 0 Å². The minimum Gasteiger partial charge on any atom is -0.480 e. The minimum absolute atomic E-state index is 0.243. The summed E-state index contributed by atoms with van der Waals surface area (Å²) < 4.78 is 0. The number of hydrogen-bond donors (Lipinski definition) is 2. The summed E-state index contributed by atoms with van der Waals surface area (Å²) in [7, 11) is 0. The number of amides is 2. The molecule has 112 valence electrons. The van der Waals surface area contributed by atoms with E-state index in [1.54, 1.807) is 0 Å². The van der Waals surface area contributed by atoms with Crippen LogP contribution in [0.4, 0.5) is 10.5 Å². The molecule has 5 nitrogen and oxygen atoms in total. The number of carboxylic acids is 1. The molecule has 21 heavy (non-hydrogen) atoms. The Labute approximate surface area is 123 Å². The molecule has 0 aromatic heterocycles. The molecular weight excluding hydrogens is 268 g/mol. The maximum absolute atomic E-state index is 12.3. The van der Waals surface area contributed by atoms with E-state index in [4.69, 9.17) is 5.11 Å². The lowest BCUT2D eigenvalue weighted by molar-refractivity contribution is -0.137. The van der Waals surface area contributed by atoms with E-state index >= 15 is 0 Å². The SMILES string of the molecule is O=C(O)CN(CC1CC1)C(=O)Nc1ccc2c(c1)CCC2. The van der Waals surface area contributed by atoms with Gasteiger partial charge in [0.05, 0.1) is 0 Å². The quantitative estimate of drug-likeness (QED) is 0.874. The van der Waals surface area contributed by atoms with Crippen molar-refractivity contribution in [2.24, 2.45) is 5.92 Å². The Hall–Kier alpha value is -2.04. The average Bonchev–Trinajstić information content (AvgIpc) is 3.13. The zero-order chi connectivity index (χ0) is 14.8. The number of benzene rings is 1. The van der Waals surface area contributed by atoms with Gasteiger partial charge in [-0.3, -0.25) is 4.79 Å². The van der Waals surface area contributed by atoms with Crippen LogP contribution in [0.25, 0.3) is 0 Å². The molecule has 0 unspecified atom stereocenters. The number of fused-ring (bicyclic) bond motifs is 1. The fourth-order valence-electron chi connectivity index (χ4n) is 2.85. The molecule has 1 aromatic rings. The number of carboxylic acid groups (broad SMARTS) is 1. The molecule has 0 spiro atoms. The van der Waals surface area contributed by atoms with Gasteiger partial charge in [-0.15, -0.1) is 0 Å². The molecule has 2 N–H and O–H groups in total. The van der Waals surface area contributed by atoms with Crippen molar-refractivity contribution in [2.45, 2.75) is 32.1 Å². The van der Waals surface area contributed by atoms with Crippen LogP contribution < -0.4 is 5.32 Å². The van der Waals surface area contributed by atoms with Gasteiger partial charge in [-0.25, -0.2) is 4.79 Å². The molecule has 0 saturated heterocycles. The first kappa shape index (κ1) is 13.9. The fraction of sp³-hybridized carbons (Fsp3) is 0.500. The van der Waals surface area contributed by atoms with Crippen molar-refractivity contribution >= 4 is 17.7 Å². The van der Waals surface area contributed by atoms with Crippen LogP contribution in [0.15, 0.2) is 18.2 Å². The summed E-state index contributed by atoms with van der Waals surface area (Å²) in [6.45, 7) is 0.288. The number of carbonyl (C=O) groups excluding carboxylic acids is 1. The summed E-state index contributed by atoms with van der Waals surface area (Å²) in [4.78, 5) is 24.6. The standard InChI is InChI=1S/C16H20N2O3/c19-15(20)10-18(9-11-4-5-11)16(21)17-14-7-6-12-2-1-3-13(12)8-14/h6-8,11H,1-5,9-10H2,(H,17,21)(H,19,20). The van der Waals surface area contributed by atoms with Crippen molar-refractivity contribution in [3.63, 3.8) is 0 Å². The molecule has 2 amide bonds. The van der Waals surface area contributed by atoms with Crippen LogP contribution in [0.5, 0.6) is 0 Å². The number of hydrogen-bond acceptors (Lipinski definition) is 2. The number of anilines is 1. The lowest BCUT2D eigenvalue weighted by Gasteiger charge is -2.21. The molecule has 2 aliphatic rings. The molecule has 1 aromatic carbocycles. The number of nitrogens with one attached hydrogen (secondary N) is 1. The first-order chi connectivity index (χ1) is 10.1. The largest absolute Gasteiger partial charge is 0.480 e. The number of aryl methyl sites for hydroxylation is 2. The zero-order valence-electron chi connectivity index (χ0n) is 12.0. The van der Waals surface area contributed by atoms with E-state index in [9.17, 15) is 9.59 Å². The highest BCUT2D eigenvalue weighted by atomic mass is 16.4. The van der Waals surface area contributed by atoms with Crippen LogP contribution >= 0.6 is 0 Å². The van der Waals surface area contributed by atoms with E-state index < -0.39 is 5.97 Å². The molecule has 1 fully saturated rings. The maximum atomic E-state index is 12.3. The molecule has 0 aliphatic heterocycles. The van der Waals surface area contributed by atoms with Crippen LogP contribution in [-0.4, -0.2) is 35.1 Å². The average molecular weight is 288 g/mol. The lowest BCUT2D eigenvalue weighted by atomic mass is 10.1. The fourth-order valence-corrected chi connectivity index (χ4v) is 2.85. The second-order valence-corrected chi connectivity index (χ2v) is 5.98. The summed E-state index contributed by atoms with van der Waals surface area (Å²) in [5.41, 5.74) is 3.40. The van der Waals surface area contributed by atoms with E-state index in [1.165, 1.54) is 22.4 Å². The molecule has 0 bridgehead atoms. The third kappa shape index (κ3) is 3.54. The molecule has 0 radical (unpaired) electrons. The third-order valence-corrected chi connectivity index (χ3v) is 4.14. The number of carbonyl (C=O) groups is 2. The normalized spacial score (nSPS) is 16.4. The van der Waals surface area contributed by atoms with E-state index in [1.807, 2.05) is 12.1 Å². The molecule has 3 rings (SSSR count). The smallest absolute Gasteiger partial charge is 0.323 e. The predicted octanol–water partition coefficient (Wildman–Crippen LogP) is 2.50. The minimum atomic E-state index is -0.972. The summed E-state index contributed by atoms with van der Waals surface area (Å²) in [5.74, 6) is -0.505. The van der Waals surface area contributed by atoms with Crippen molar-refractivity contribution in [1.82, 2.24) is 4.90 Å². The Morgan fingerprint density at radius 2 is 2.00 bits per heavy atom. The Morgan fingerprint density at radius 1 is 1.24 bits per heavy atom. The van der Waals surface area contributed by atoms with Crippen LogP contribution in [-0.2, 0) is 17.6 Å². The van der Waals surface area contributed by atoms with Gasteiger partial charge in [-0.2, -0.15) is 0 Å². The van der Waals surface area contributed by atoms with Crippen molar-refractivity contribution in [2.75, 3.05) is 18.4 Å². The highest BCUT2D eigenvalue weighted by Gasteiger charge is 2.28.